The van der Waals surface area contributed by atoms with Crippen molar-refractivity contribution in [3.05, 3.63) is 35.4 Å². The van der Waals surface area contributed by atoms with Gasteiger partial charge in [-0.25, -0.2) is 14.5 Å². The summed E-state index contributed by atoms with van der Waals surface area (Å²) < 4.78 is 0. The number of aliphatic hydroxyl groups excluding tert-OH is 1. The number of benzene rings is 1. The average molecular weight is 295 g/mol. The molecule has 0 fully saturated rings. The zero-order valence-corrected chi connectivity index (χ0v) is 10.3. The van der Waals surface area contributed by atoms with E-state index in [1.807, 2.05) is 0 Å². The van der Waals surface area contributed by atoms with E-state index in [4.69, 9.17) is 10.2 Å². The Morgan fingerprint density at radius 3 is 1.81 bits per heavy atom. The summed E-state index contributed by atoms with van der Waals surface area (Å²) >= 11 is 0. The van der Waals surface area contributed by atoms with Gasteiger partial charge in [-0.15, -0.1) is 0 Å². The molecule has 1 aliphatic heterocycles. The fourth-order valence-corrected chi connectivity index (χ4v) is 2.01. The van der Waals surface area contributed by atoms with Crippen LogP contribution in [0.1, 0.15) is 20.7 Å². The number of carboxylic acid groups (broad SMARTS) is 2. The topological polar surface area (TPSA) is 152 Å². The van der Waals surface area contributed by atoms with E-state index in [2.05, 4.69) is 0 Å². The number of hydrogen-bond donors (Lipinski definition) is 4. The van der Waals surface area contributed by atoms with Gasteiger partial charge < -0.3 is 20.4 Å². The van der Waals surface area contributed by atoms with Crippen molar-refractivity contribution in [2.75, 3.05) is 0 Å². The van der Waals surface area contributed by atoms with Crippen molar-refractivity contribution in [3.63, 3.8) is 0 Å². The molecule has 0 bridgehead atoms. The lowest BCUT2D eigenvalue weighted by Crippen LogP contribution is -2.66. The Balaban J connectivity index is 2.60. The normalized spacial score (nSPS) is 18.1. The maximum absolute atomic E-state index is 12.1. The molecule has 1 aromatic carbocycles. The number of fused-ring (bicyclic) bond motifs is 1. The molecule has 2 unspecified atom stereocenters. The summed E-state index contributed by atoms with van der Waals surface area (Å²) in [5, 5.41) is 37.1. The summed E-state index contributed by atoms with van der Waals surface area (Å²) in [6.45, 7) is 0. The molecule has 0 saturated carbocycles. The van der Waals surface area contributed by atoms with E-state index in [1.165, 1.54) is 24.3 Å². The molecule has 0 spiro atoms. The van der Waals surface area contributed by atoms with Gasteiger partial charge in [-0.3, -0.25) is 9.59 Å². The third kappa shape index (κ3) is 1.87. The van der Waals surface area contributed by atoms with Crippen LogP contribution in [0, 0.1) is 0 Å². The average Bonchev–Trinajstić information content (AvgIpc) is 2.70. The predicted octanol–water partition coefficient (Wildman–Crippen LogP) is -1.50. The maximum Gasteiger partial charge on any atom is 0.361 e. The summed E-state index contributed by atoms with van der Waals surface area (Å²) in [5.41, 5.74) is -4.00. The van der Waals surface area contributed by atoms with E-state index < -0.39 is 35.6 Å². The second kappa shape index (κ2) is 4.65. The second-order valence-electron chi connectivity index (χ2n) is 4.26. The third-order valence-corrected chi connectivity index (χ3v) is 3.06. The first kappa shape index (κ1) is 14.6. The maximum atomic E-state index is 12.1. The number of imide groups is 1. The highest BCUT2D eigenvalue weighted by Gasteiger charge is 2.60. The first-order valence-corrected chi connectivity index (χ1v) is 5.57. The molecule has 2 rings (SSSR count). The largest absolute Gasteiger partial charge is 0.479 e. The number of nitrogens with zero attached hydrogens (tertiary/aromatic N) is 1. The number of aliphatic carboxylic acids is 2. The van der Waals surface area contributed by atoms with Gasteiger partial charge in [0.2, 0.25) is 6.10 Å². The van der Waals surface area contributed by atoms with E-state index in [9.17, 15) is 29.4 Å². The van der Waals surface area contributed by atoms with Crippen LogP contribution in [-0.2, 0) is 9.59 Å². The first-order chi connectivity index (χ1) is 9.72. The molecule has 0 saturated heterocycles. The van der Waals surface area contributed by atoms with Crippen molar-refractivity contribution in [1.29, 1.82) is 0 Å². The van der Waals surface area contributed by atoms with Gasteiger partial charge in [-0.05, 0) is 12.1 Å². The quantitative estimate of drug-likeness (QED) is 0.490. The minimum absolute atomic E-state index is 0.168. The summed E-state index contributed by atoms with van der Waals surface area (Å²) in [7, 11) is 0. The van der Waals surface area contributed by atoms with Gasteiger partial charge in [0.15, 0.2) is 0 Å². The van der Waals surface area contributed by atoms with Gasteiger partial charge in [-0.1, -0.05) is 12.1 Å². The molecule has 0 radical (unpaired) electrons. The standard InChI is InChI=1S/C12H9NO8/c14-7(10(17)18)12(21,11(19)20)13-8(15)5-3-1-2-4-6(5)9(13)16/h1-4,7,14,21H,(H,17,18)(H,19,20). The van der Waals surface area contributed by atoms with E-state index in [1.54, 1.807) is 0 Å². The summed E-state index contributed by atoms with van der Waals surface area (Å²) in [5.74, 6) is -6.76. The fourth-order valence-electron chi connectivity index (χ4n) is 2.01. The van der Waals surface area contributed by atoms with Crippen molar-refractivity contribution in [1.82, 2.24) is 4.90 Å². The van der Waals surface area contributed by atoms with Gasteiger partial charge in [-0.2, -0.15) is 0 Å². The lowest BCUT2D eigenvalue weighted by atomic mass is 10.0. The number of carboxylic acids is 2. The van der Waals surface area contributed by atoms with E-state index >= 15 is 0 Å². The summed E-state index contributed by atoms with van der Waals surface area (Å²) in [6, 6.07) is 5.23. The fraction of sp³-hybridized carbons (Fsp3) is 0.167. The molecule has 21 heavy (non-hydrogen) atoms. The number of hydrogen-bond acceptors (Lipinski definition) is 6. The number of rotatable bonds is 4. The molecule has 0 aliphatic carbocycles. The van der Waals surface area contributed by atoms with Crippen LogP contribution in [0.5, 0.6) is 0 Å². The van der Waals surface area contributed by atoms with Crippen LogP contribution in [0.3, 0.4) is 0 Å². The van der Waals surface area contributed by atoms with Crippen molar-refractivity contribution in [2.45, 2.75) is 11.8 Å². The monoisotopic (exact) mass is 295 g/mol. The van der Waals surface area contributed by atoms with E-state index in [0.717, 1.165) is 0 Å². The highest BCUT2D eigenvalue weighted by atomic mass is 16.5. The Morgan fingerprint density at radius 1 is 1.05 bits per heavy atom. The van der Waals surface area contributed by atoms with Crippen molar-refractivity contribution < 1.29 is 39.6 Å². The minimum Gasteiger partial charge on any atom is -0.479 e. The molecule has 1 heterocycles. The Labute approximate surface area is 116 Å². The first-order valence-electron chi connectivity index (χ1n) is 5.57. The molecule has 2 amide bonds. The SMILES string of the molecule is O=C(O)C(O)C(O)(C(=O)O)N1C(=O)c2ccccc2C1=O. The van der Waals surface area contributed by atoms with Crippen LogP contribution >= 0.6 is 0 Å². The smallest absolute Gasteiger partial charge is 0.361 e. The van der Waals surface area contributed by atoms with Gasteiger partial charge in [0.05, 0.1) is 11.1 Å². The highest BCUT2D eigenvalue weighted by molar-refractivity contribution is 6.23. The van der Waals surface area contributed by atoms with Crippen LogP contribution in [0.2, 0.25) is 0 Å². The number of carbonyl (C=O) groups is 4. The van der Waals surface area contributed by atoms with Crippen LogP contribution in [-0.4, -0.2) is 60.9 Å². The Morgan fingerprint density at radius 2 is 1.48 bits per heavy atom. The Hall–Kier alpha value is -2.78. The number of carbonyl (C=O) groups excluding carboxylic acids is 2. The van der Waals surface area contributed by atoms with Gasteiger partial charge in [0.1, 0.15) is 0 Å². The molecule has 110 valence electrons. The Bertz CT molecular complexity index is 634. The van der Waals surface area contributed by atoms with E-state index in [0.29, 0.717) is 0 Å². The molecule has 2 atom stereocenters. The zero-order chi connectivity index (χ0) is 15.9. The van der Waals surface area contributed by atoms with Gasteiger partial charge in [0.25, 0.3) is 17.5 Å². The number of aliphatic hydroxyl groups is 2. The second-order valence-corrected chi connectivity index (χ2v) is 4.26. The zero-order valence-electron chi connectivity index (χ0n) is 10.3. The van der Waals surface area contributed by atoms with Crippen LogP contribution < -0.4 is 0 Å². The lowest BCUT2D eigenvalue weighted by Gasteiger charge is -2.33. The van der Waals surface area contributed by atoms with E-state index in [-0.39, 0.29) is 16.0 Å². The Kier molecular flexibility index (Phi) is 3.24. The molecular formula is C12H9NO8. The molecule has 9 nitrogen and oxygen atoms in total. The number of amides is 2. The molecule has 1 aromatic rings. The van der Waals surface area contributed by atoms with Gasteiger partial charge in [0, 0.05) is 0 Å². The lowest BCUT2D eigenvalue weighted by molar-refractivity contribution is -0.201. The van der Waals surface area contributed by atoms with Crippen LogP contribution in [0.4, 0.5) is 0 Å². The summed E-state index contributed by atoms with van der Waals surface area (Å²) in [6.07, 6.45) is -2.91. The van der Waals surface area contributed by atoms with Crippen LogP contribution in [0.25, 0.3) is 0 Å². The van der Waals surface area contributed by atoms with Crippen LogP contribution in [0.15, 0.2) is 24.3 Å². The summed E-state index contributed by atoms with van der Waals surface area (Å²) in [4.78, 5) is 45.9. The molecule has 0 aromatic heterocycles. The predicted molar refractivity (Wildman–Crippen MR) is 63.2 cm³/mol. The molecule has 9 heteroatoms. The van der Waals surface area contributed by atoms with Crippen molar-refractivity contribution in [2.24, 2.45) is 0 Å². The van der Waals surface area contributed by atoms with Gasteiger partial charge >= 0.3 is 11.9 Å². The van der Waals surface area contributed by atoms with Crippen molar-refractivity contribution in [3.8, 4) is 0 Å². The van der Waals surface area contributed by atoms with Crippen molar-refractivity contribution >= 4 is 23.8 Å². The molecule has 1 aliphatic rings. The highest BCUT2D eigenvalue weighted by Crippen LogP contribution is 2.30. The minimum atomic E-state index is -3.61. The molecule has 4 N–H and O–H groups in total. The third-order valence-electron chi connectivity index (χ3n) is 3.06. The molecular weight excluding hydrogens is 286 g/mol.